The molecule has 5 heteroatoms. The van der Waals surface area contributed by atoms with Crippen LogP contribution in [-0.2, 0) is 11.2 Å². The Morgan fingerprint density at radius 2 is 1.95 bits per heavy atom. The Labute approximate surface area is 128 Å². The van der Waals surface area contributed by atoms with Crippen molar-refractivity contribution in [2.75, 3.05) is 0 Å². The van der Waals surface area contributed by atoms with Gasteiger partial charge in [0.15, 0.2) is 0 Å². The fourth-order valence-corrected chi connectivity index (χ4v) is 2.38. The van der Waals surface area contributed by atoms with Gasteiger partial charge in [-0.25, -0.2) is 4.39 Å². The molecule has 1 aromatic heterocycles. The number of benzene rings is 2. The van der Waals surface area contributed by atoms with Gasteiger partial charge in [-0.2, -0.15) is 0 Å². The first-order valence-electron chi connectivity index (χ1n) is 6.24. The van der Waals surface area contributed by atoms with Crippen LogP contribution in [0.15, 0.2) is 57.6 Å². The van der Waals surface area contributed by atoms with E-state index in [0.29, 0.717) is 11.3 Å². The molecule has 0 spiro atoms. The van der Waals surface area contributed by atoms with Crippen LogP contribution in [0.2, 0.25) is 0 Å². The Hall–Kier alpha value is -2.14. The van der Waals surface area contributed by atoms with Crippen LogP contribution in [0, 0.1) is 5.82 Å². The number of ether oxygens (including phenoxy) is 1. The van der Waals surface area contributed by atoms with Crippen LogP contribution in [0.5, 0.6) is 5.75 Å². The average molecular weight is 349 g/mol. The Morgan fingerprint density at radius 3 is 2.71 bits per heavy atom. The van der Waals surface area contributed by atoms with Crippen LogP contribution in [0.1, 0.15) is 5.56 Å². The fraction of sp³-hybridized carbons (Fsp3) is 0.0625. The molecule has 3 aromatic rings. The van der Waals surface area contributed by atoms with E-state index in [2.05, 4.69) is 15.9 Å². The van der Waals surface area contributed by atoms with Crippen LogP contribution in [0.25, 0.3) is 11.0 Å². The van der Waals surface area contributed by atoms with Gasteiger partial charge in [-0.1, -0.05) is 15.9 Å². The molecule has 0 N–H and O–H groups in total. The summed E-state index contributed by atoms with van der Waals surface area (Å²) in [5, 5.41) is 0.862. The molecule has 3 nitrogen and oxygen atoms in total. The Bertz CT molecular complexity index is 793. The topological polar surface area (TPSA) is 39.4 Å². The number of hydrogen-bond donors (Lipinski definition) is 0. The highest BCUT2D eigenvalue weighted by molar-refractivity contribution is 9.10. The molecule has 21 heavy (non-hydrogen) atoms. The lowest BCUT2D eigenvalue weighted by Gasteiger charge is -2.03. The molecule has 0 fully saturated rings. The van der Waals surface area contributed by atoms with Crippen LogP contribution >= 0.6 is 15.9 Å². The first-order chi connectivity index (χ1) is 10.1. The minimum absolute atomic E-state index is 0.0842. The van der Waals surface area contributed by atoms with Gasteiger partial charge < -0.3 is 9.15 Å². The van der Waals surface area contributed by atoms with E-state index in [-0.39, 0.29) is 12.2 Å². The maximum atomic E-state index is 12.8. The molecule has 3 rings (SSSR count). The molecular formula is C16H10BrFO3. The van der Waals surface area contributed by atoms with Gasteiger partial charge in [-0.15, -0.1) is 0 Å². The highest BCUT2D eigenvalue weighted by atomic mass is 79.9. The second-order valence-electron chi connectivity index (χ2n) is 4.51. The van der Waals surface area contributed by atoms with Crippen molar-refractivity contribution in [3.05, 3.63) is 64.6 Å². The standard InChI is InChI=1S/C16H10BrFO3/c17-11-1-6-15-14(8-11)10(9-20-15)7-16(19)21-13-4-2-12(18)3-5-13/h1-6,8-9H,7H2. The number of hydrogen-bond acceptors (Lipinski definition) is 3. The Balaban J connectivity index is 1.77. The van der Waals surface area contributed by atoms with Gasteiger partial charge in [0, 0.05) is 15.4 Å². The molecule has 0 saturated heterocycles. The molecule has 0 radical (unpaired) electrons. The van der Waals surface area contributed by atoms with Crippen molar-refractivity contribution in [1.82, 2.24) is 0 Å². The maximum Gasteiger partial charge on any atom is 0.315 e. The number of rotatable bonds is 3. The summed E-state index contributed by atoms with van der Waals surface area (Å²) < 4.78 is 24.2. The summed E-state index contributed by atoms with van der Waals surface area (Å²) in [5.41, 5.74) is 1.46. The first-order valence-corrected chi connectivity index (χ1v) is 7.03. The van der Waals surface area contributed by atoms with Crippen molar-refractivity contribution in [2.45, 2.75) is 6.42 Å². The van der Waals surface area contributed by atoms with E-state index in [0.717, 1.165) is 15.4 Å². The van der Waals surface area contributed by atoms with E-state index in [9.17, 15) is 9.18 Å². The first kappa shape index (κ1) is 13.8. The molecule has 0 aliphatic rings. The molecule has 0 unspecified atom stereocenters. The zero-order valence-corrected chi connectivity index (χ0v) is 12.4. The molecule has 0 aliphatic heterocycles. The van der Waals surface area contributed by atoms with Crippen LogP contribution < -0.4 is 4.74 Å². The summed E-state index contributed by atoms with van der Waals surface area (Å²) in [6, 6.07) is 10.9. The van der Waals surface area contributed by atoms with E-state index < -0.39 is 5.97 Å². The smallest absolute Gasteiger partial charge is 0.315 e. The number of esters is 1. The fourth-order valence-electron chi connectivity index (χ4n) is 2.02. The van der Waals surface area contributed by atoms with Gasteiger partial charge in [0.25, 0.3) is 0 Å². The van der Waals surface area contributed by atoms with E-state index in [1.807, 2.05) is 18.2 Å². The monoisotopic (exact) mass is 348 g/mol. The van der Waals surface area contributed by atoms with Gasteiger partial charge in [0.1, 0.15) is 17.1 Å². The molecular weight excluding hydrogens is 339 g/mol. The lowest BCUT2D eigenvalue weighted by Crippen LogP contribution is -2.10. The molecule has 0 amide bonds. The van der Waals surface area contributed by atoms with Crippen molar-refractivity contribution >= 4 is 32.9 Å². The summed E-state index contributed by atoms with van der Waals surface area (Å²) in [5.74, 6) is -0.486. The molecule has 0 aliphatic carbocycles. The van der Waals surface area contributed by atoms with Gasteiger partial charge in [-0.05, 0) is 42.5 Å². The van der Waals surface area contributed by atoms with E-state index in [1.165, 1.54) is 24.3 Å². The SMILES string of the molecule is O=C(Cc1coc2ccc(Br)cc12)Oc1ccc(F)cc1. The minimum atomic E-state index is -0.427. The Morgan fingerprint density at radius 1 is 1.19 bits per heavy atom. The normalized spacial score (nSPS) is 10.8. The van der Waals surface area contributed by atoms with E-state index in [4.69, 9.17) is 9.15 Å². The summed E-state index contributed by atoms with van der Waals surface area (Å²) in [6.07, 6.45) is 1.63. The predicted octanol–water partition coefficient (Wildman–Crippen LogP) is 4.48. The molecule has 0 bridgehead atoms. The summed E-state index contributed by atoms with van der Waals surface area (Å²) in [7, 11) is 0. The highest BCUT2D eigenvalue weighted by Crippen LogP contribution is 2.25. The van der Waals surface area contributed by atoms with Gasteiger partial charge in [0.05, 0.1) is 12.7 Å². The number of carbonyl (C=O) groups excluding carboxylic acids is 1. The van der Waals surface area contributed by atoms with Crippen molar-refractivity contribution in [1.29, 1.82) is 0 Å². The van der Waals surface area contributed by atoms with Crippen molar-refractivity contribution in [3.8, 4) is 5.75 Å². The summed E-state index contributed by atoms with van der Waals surface area (Å²) in [4.78, 5) is 11.9. The number of furan rings is 1. The summed E-state index contributed by atoms with van der Waals surface area (Å²) >= 11 is 3.38. The Kier molecular flexibility index (Phi) is 3.75. The van der Waals surface area contributed by atoms with Crippen LogP contribution in [0.4, 0.5) is 4.39 Å². The third-order valence-corrected chi connectivity index (χ3v) is 3.49. The van der Waals surface area contributed by atoms with Crippen molar-refractivity contribution in [3.63, 3.8) is 0 Å². The highest BCUT2D eigenvalue weighted by Gasteiger charge is 2.12. The van der Waals surface area contributed by atoms with Gasteiger partial charge in [-0.3, -0.25) is 4.79 Å². The van der Waals surface area contributed by atoms with Crippen LogP contribution in [-0.4, -0.2) is 5.97 Å². The molecule has 0 atom stereocenters. The van der Waals surface area contributed by atoms with E-state index in [1.54, 1.807) is 6.26 Å². The molecule has 2 aromatic carbocycles. The quantitative estimate of drug-likeness (QED) is 0.517. The predicted molar refractivity (Wildman–Crippen MR) is 79.7 cm³/mol. The molecule has 1 heterocycles. The molecule has 0 saturated carbocycles. The van der Waals surface area contributed by atoms with Gasteiger partial charge in [0.2, 0.25) is 0 Å². The average Bonchev–Trinajstić information content (AvgIpc) is 2.84. The van der Waals surface area contributed by atoms with Crippen molar-refractivity contribution < 1.29 is 18.3 Å². The van der Waals surface area contributed by atoms with Crippen LogP contribution in [0.3, 0.4) is 0 Å². The summed E-state index contributed by atoms with van der Waals surface area (Å²) in [6.45, 7) is 0. The zero-order valence-electron chi connectivity index (χ0n) is 10.8. The second kappa shape index (κ2) is 5.69. The minimum Gasteiger partial charge on any atom is -0.464 e. The third kappa shape index (κ3) is 3.13. The largest absolute Gasteiger partial charge is 0.464 e. The number of halogens is 2. The lowest BCUT2D eigenvalue weighted by molar-refractivity contribution is -0.133. The lowest BCUT2D eigenvalue weighted by atomic mass is 10.1. The van der Waals surface area contributed by atoms with Crippen molar-refractivity contribution in [2.24, 2.45) is 0 Å². The third-order valence-electron chi connectivity index (χ3n) is 3.00. The number of carbonyl (C=O) groups is 1. The maximum absolute atomic E-state index is 12.8. The molecule has 106 valence electrons. The van der Waals surface area contributed by atoms with Gasteiger partial charge >= 0.3 is 5.97 Å². The number of fused-ring (bicyclic) bond motifs is 1. The van der Waals surface area contributed by atoms with E-state index >= 15 is 0 Å². The zero-order chi connectivity index (χ0) is 14.8. The second-order valence-corrected chi connectivity index (χ2v) is 5.42.